The van der Waals surface area contributed by atoms with Gasteiger partial charge in [0.2, 0.25) is 5.95 Å². The van der Waals surface area contributed by atoms with Crippen molar-refractivity contribution < 1.29 is 4.74 Å². The van der Waals surface area contributed by atoms with Gasteiger partial charge in [0.05, 0.1) is 12.7 Å². The lowest BCUT2D eigenvalue weighted by molar-refractivity contribution is 0.348. The molecule has 0 amide bonds. The van der Waals surface area contributed by atoms with E-state index in [9.17, 15) is 0 Å². The van der Waals surface area contributed by atoms with E-state index in [-0.39, 0.29) is 0 Å². The van der Waals surface area contributed by atoms with E-state index in [1.165, 1.54) is 25.9 Å². The molecular formula is C21H27N5O. The highest BCUT2D eigenvalue weighted by atomic mass is 16.5. The molecule has 1 aromatic carbocycles. The molecular weight excluding hydrogens is 338 g/mol. The lowest BCUT2D eigenvalue weighted by Gasteiger charge is -2.11. The van der Waals surface area contributed by atoms with E-state index in [2.05, 4.69) is 37.3 Å². The van der Waals surface area contributed by atoms with Crippen molar-refractivity contribution in [3.05, 3.63) is 35.5 Å². The Kier molecular flexibility index (Phi) is 6.50. The van der Waals surface area contributed by atoms with Gasteiger partial charge in [0.25, 0.3) is 0 Å². The average Bonchev–Trinajstić information content (AvgIpc) is 3.18. The topological polar surface area (TPSA) is 62.3 Å². The molecule has 2 heterocycles. The summed E-state index contributed by atoms with van der Waals surface area (Å²) in [6.45, 7) is 5.39. The molecule has 1 fully saturated rings. The number of anilines is 3. The summed E-state index contributed by atoms with van der Waals surface area (Å²) >= 11 is 0. The minimum Gasteiger partial charge on any atom is -0.495 e. The van der Waals surface area contributed by atoms with Crippen LogP contribution >= 0.6 is 0 Å². The van der Waals surface area contributed by atoms with E-state index >= 15 is 0 Å². The van der Waals surface area contributed by atoms with E-state index in [1.807, 2.05) is 38.2 Å². The van der Waals surface area contributed by atoms with Crippen LogP contribution in [0.25, 0.3) is 0 Å². The van der Waals surface area contributed by atoms with Crippen LogP contribution in [0.1, 0.15) is 30.5 Å². The van der Waals surface area contributed by atoms with Crippen molar-refractivity contribution >= 4 is 17.5 Å². The summed E-state index contributed by atoms with van der Waals surface area (Å²) in [5, 5.41) is 6.30. The summed E-state index contributed by atoms with van der Waals surface area (Å²) in [5.41, 5.74) is 2.64. The molecule has 2 N–H and O–H groups in total. The Labute approximate surface area is 161 Å². The number of likely N-dealkylation sites (tertiary alicyclic amines) is 1. The minimum absolute atomic E-state index is 0.553. The zero-order valence-electron chi connectivity index (χ0n) is 16.3. The third-order valence-electron chi connectivity index (χ3n) is 4.54. The molecule has 1 saturated heterocycles. The number of nitrogens with zero attached hydrogens (tertiary/aromatic N) is 3. The molecule has 0 saturated carbocycles. The van der Waals surface area contributed by atoms with Crippen molar-refractivity contribution in [1.29, 1.82) is 0 Å². The number of aromatic nitrogens is 2. The van der Waals surface area contributed by atoms with Gasteiger partial charge in [-0.2, -0.15) is 4.98 Å². The second-order valence-corrected chi connectivity index (χ2v) is 6.61. The number of benzene rings is 1. The van der Waals surface area contributed by atoms with Crippen LogP contribution in [-0.2, 0) is 0 Å². The standard InChI is InChI=1S/C21H27N5O/c1-16-14-20(22-2)25-21(23-16)24-18-9-10-19(27-3)17(15-18)8-4-5-11-26-12-6-7-13-26/h9-10,14-15H,5-7,11-13H2,1-3H3,(H2,22,23,24,25). The lowest BCUT2D eigenvalue weighted by atomic mass is 10.1. The van der Waals surface area contributed by atoms with E-state index in [0.717, 1.165) is 41.5 Å². The first-order valence-electron chi connectivity index (χ1n) is 9.37. The van der Waals surface area contributed by atoms with Crippen LogP contribution in [0, 0.1) is 18.8 Å². The lowest BCUT2D eigenvalue weighted by Crippen LogP contribution is -2.19. The van der Waals surface area contributed by atoms with Crippen LogP contribution in [0.2, 0.25) is 0 Å². The second-order valence-electron chi connectivity index (χ2n) is 6.61. The van der Waals surface area contributed by atoms with Crippen molar-refractivity contribution in [2.75, 3.05) is 44.4 Å². The first-order valence-corrected chi connectivity index (χ1v) is 9.37. The van der Waals surface area contributed by atoms with Gasteiger partial charge in [-0.25, -0.2) is 4.98 Å². The molecule has 0 bridgehead atoms. The molecule has 6 nitrogen and oxygen atoms in total. The van der Waals surface area contributed by atoms with E-state index in [0.29, 0.717) is 5.95 Å². The van der Waals surface area contributed by atoms with Gasteiger partial charge in [-0.15, -0.1) is 0 Å². The second kappa shape index (κ2) is 9.24. The van der Waals surface area contributed by atoms with Crippen LogP contribution in [0.4, 0.5) is 17.5 Å². The normalized spacial score (nSPS) is 13.7. The van der Waals surface area contributed by atoms with Gasteiger partial charge >= 0.3 is 0 Å². The molecule has 1 aliphatic rings. The van der Waals surface area contributed by atoms with E-state index in [1.54, 1.807) is 7.11 Å². The van der Waals surface area contributed by atoms with Crippen molar-refractivity contribution in [3.8, 4) is 17.6 Å². The van der Waals surface area contributed by atoms with Gasteiger partial charge in [0.1, 0.15) is 11.6 Å². The molecule has 3 rings (SSSR count). The number of aryl methyl sites for hydroxylation is 1. The summed E-state index contributed by atoms with van der Waals surface area (Å²) in [7, 11) is 3.51. The fourth-order valence-corrected chi connectivity index (χ4v) is 3.14. The third-order valence-corrected chi connectivity index (χ3v) is 4.54. The largest absolute Gasteiger partial charge is 0.495 e. The van der Waals surface area contributed by atoms with E-state index in [4.69, 9.17) is 4.74 Å². The highest BCUT2D eigenvalue weighted by Crippen LogP contribution is 2.24. The van der Waals surface area contributed by atoms with Gasteiger partial charge < -0.3 is 20.3 Å². The maximum absolute atomic E-state index is 5.45. The number of hydrogen-bond donors (Lipinski definition) is 2. The molecule has 1 aromatic heterocycles. The van der Waals surface area contributed by atoms with Crippen molar-refractivity contribution in [3.63, 3.8) is 0 Å². The Morgan fingerprint density at radius 1 is 1.19 bits per heavy atom. The predicted molar refractivity (Wildman–Crippen MR) is 110 cm³/mol. The SMILES string of the molecule is CNc1cc(C)nc(Nc2ccc(OC)c(C#CCCN3CCCC3)c2)n1. The first-order chi connectivity index (χ1) is 13.2. The molecule has 6 heteroatoms. The monoisotopic (exact) mass is 365 g/mol. The zero-order chi connectivity index (χ0) is 19.1. The summed E-state index contributed by atoms with van der Waals surface area (Å²) in [4.78, 5) is 11.3. The Bertz CT molecular complexity index is 834. The number of hydrogen-bond acceptors (Lipinski definition) is 6. The average molecular weight is 365 g/mol. The van der Waals surface area contributed by atoms with Gasteiger partial charge in [-0.1, -0.05) is 11.8 Å². The van der Waals surface area contributed by atoms with Crippen molar-refractivity contribution in [1.82, 2.24) is 14.9 Å². The Hall–Kier alpha value is -2.78. The highest BCUT2D eigenvalue weighted by molar-refractivity contribution is 5.61. The number of ether oxygens (including phenoxy) is 1. The fourth-order valence-electron chi connectivity index (χ4n) is 3.14. The van der Waals surface area contributed by atoms with Gasteiger partial charge in [-0.05, 0) is 51.1 Å². The molecule has 0 spiro atoms. The molecule has 0 atom stereocenters. The predicted octanol–water partition coefficient (Wildman–Crippen LogP) is 3.42. The summed E-state index contributed by atoms with van der Waals surface area (Å²) in [6, 6.07) is 7.74. The molecule has 142 valence electrons. The quantitative estimate of drug-likeness (QED) is 0.765. The number of rotatable bonds is 6. The van der Waals surface area contributed by atoms with Crippen LogP contribution < -0.4 is 15.4 Å². The zero-order valence-corrected chi connectivity index (χ0v) is 16.3. The molecule has 0 radical (unpaired) electrons. The van der Waals surface area contributed by atoms with E-state index < -0.39 is 0 Å². The Morgan fingerprint density at radius 2 is 2.00 bits per heavy atom. The van der Waals surface area contributed by atoms with Crippen molar-refractivity contribution in [2.24, 2.45) is 0 Å². The van der Waals surface area contributed by atoms with Crippen LogP contribution in [0.15, 0.2) is 24.3 Å². The van der Waals surface area contributed by atoms with Gasteiger partial charge in [0.15, 0.2) is 0 Å². The molecule has 27 heavy (non-hydrogen) atoms. The number of nitrogens with one attached hydrogen (secondary N) is 2. The highest BCUT2D eigenvalue weighted by Gasteiger charge is 2.09. The fraction of sp³-hybridized carbons (Fsp3) is 0.429. The van der Waals surface area contributed by atoms with Crippen LogP contribution in [-0.4, -0.2) is 48.7 Å². The third kappa shape index (κ3) is 5.35. The van der Waals surface area contributed by atoms with Gasteiger partial charge in [0, 0.05) is 37.5 Å². The molecule has 2 aromatic rings. The smallest absolute Gasteiger partial charge is 0.229 e. The number of methoxy groups -OCH3 is 1. The molecule has 0 unspecified atom stereocenters. The maximum Gasteiger partial charge on any atom is 0.229 e. The van der Waals surface area contributed by atoms with Gasteiger partial charge in [-0.3, -0.25) is 0 Å². The first kappa shape index (κ1) is 19.0. The van der Waals surface area contributed by atoms with Crippen LogP contribution in [0.3, 0.4) is 0 Å². The summed E-state index contributed by atoms with van der Waals surface area (Å²) < 4.78 is 5.45. The summed E-state index contributed by atoms with van der Waals surface area (Å²) in [6.07, 6.45) is 3.49. The minimum atomic E-state index is 0.553. The van der Waals surface area contributed by atoms with Crippen LogP contribution in [0.5, 0.6) is 5.75 Å². The maximum atomic E-state index is 5.45. The molecule has 1 aliphatic heterocycles. The Balaban J connectivity index is 1.72. The summed E-state index contributed by atoms with van der Waals surface area (Å²) in [5.74, 6) is 8.64. The van der Waals surface area contributed by atoms with Crippen molar-refractivity contribution in [2.45, 2.75) is 26.2 Å². The molecule has 0 aliphatic carbocycles. The Morgan fingerprint density at radius 3 is 2.74 bits per heavy atom.